The third-order valence-electron chi connectivity index (χ3n) is 4.08. The van der Waals surface area contributed by atoms with Gasteiger partial charge in [0.15, 0.2) is 0 Å². The maximum atomic E-state index is 12.3. The topological polar surface area (TPSA) is 41.9 Å². The summed E-state index contributed by atoms with van der Waals surface area (Å²) in [6, 6.07) is 17.8. The van der Waals surface area contributed by atoms with E-state index in [0.29, 0.717) is 6.42 Å². The van der Waals surface area contributed by atoms with Gasteiger partial charge in [-0.05, 0) is 23.3 Å². The minimum absolute atomic E-state index is 0.0387. The molecule has 2 aromatic rings. The molecule has 0 saturated heterocycles. The van der Waals surface area contributed by atoms with Gasteiger partial charge in [0.25, 0.3) is 0 Å². The van der Waals surface area contributed by atoms with Crippen molar-refractivity contribution < 1.29 is 9.53 Å². The number of hydrogen-bond donors (Lipinski definition) is 0. The zero-order valence-electron chi connectivity index (χ0n) is 13.4. The summed E-state index contributed by atoms with van der Waals surface area (Å²) in [5, 5.41) is 6.23. The summed E-state index contributed by atoms with van der Waals surface area (Å²) in [6.45, 7) is 1.86. The molecule has 0 saturated carbocycles. The summed E-state index contributed by atoms with van der Waals surface area (Å²) in [4.78, 5) is 12.3. The molecule has 0 fully saturated rings. The lowest BCUT2D eigenvalue weighted by Crippen LogP contribution is -2.26. The smallest absolute Gasteiger partial charge is 0.242 e. The maximum absolute atomic E-state index is 12.3. The van der Waals surface area contributed by atoms with Crippen molar-refractivity contribution in [1.82, 2.24) is 5.01 Å². The molecule has 0 bridgehead atoms. The quantitative estimate of drug-likeness (QED) is 0.862. The highest BCUT2D eigenvalue weighted by Crippen LogP contribution is 2.33. The number of hydrazone groups is 1. The molecule has 1 aliphatic heterocycles. The molecule has 1 atom stereocenters. The third-order valence-corrected chi connectivity index (χ3v) is 4.08. The van der Waals surface area contributed by atoms with E-state index in [1.807, 2.05) is 61.5 Å². The Bertz CT molecular complexity index is 708. The number of hydrogen-bond acceptors (Lipinski definition) is 3. The number of ether oxygens (including phenoxy) is 1. The number of carbonyl (C=O) groups is 1. The molecule has 4 heteroatoms. The van der Waals surface area contributed by atoms with E-state index in [-0.39, 0.29) is 11.9 Å². The van der Waals surface area contributed by atoms with E-state index in [4.69, 9.17) is 4.74 Å². The van der Waals surface area contributed by atoms with Crippen molar-refractivity contribution in [1.29, 1.82) is 0 Å². The highest BCUT2D eigenvalue weighted by Gasteiger charge is 2.32. The fourth-order valence-electron chi connectivity index (χ4n) is 2.79. The Balaban J connectivity index is 1.92. The number of methoxy groups -OCH3 is 1. The van der Waals surface area contributed by atoms with Crippen LogP contribution in [0.3, 0.4) is 0 Å². The van der Waals surface area contributed by atoms with Crippen LogP contribution < -0.4 is 4.74 Å². The lowest BCUT2D eigenvalue weighted by atomic mass is 9.98. The van der Waals surface area contributed by atoms with Gasteiger partial charge < -0.3 is 4.74 Å². The van der Waals surface area contributed by atoms with E-state index in [1.54, 1.807) is 12.1 Å². The van der Waals surface area contributed by atoms with Crippen LogP contribution in [0.15, 0.2) is 59.7 Å². The molecule has 1 heterocycles. The zero-order valence-corrected chi connectivity index (χ0v) is 13.4. The third kappa shape index (κ3) is 3.11. The molecule has 2 aromatic carbocycles. The first kappa shape index (κ1) is 15.3. The van der Waals surface area contributed by atoms with Crippen molar-refractivity contribution in [2.45, 2.75) is 25.8 Å². The minimum Gasteiger partial charge on any atom is -0.497 e. The van der Waals surface area contributed by atoms with Crippen molar-refractivity contribution in [3.63, 3.8) is 0 Å². The zero-order chi connectivity index (χ0) is 16.2. The van der Waals surface area contributed by atoms with Gasteiger partial charge >= 0.3 is 0 Å². The Labute approximate surface area is 136 Å². The van der Waals surface area contributed by atoms with Crippen LogP contribution in [0.25, 0.3) is 0 Å². The molecule has 4 nitrogen and oxygen atoms in total. The fraction of sp³-hybridized carbons (Fsp3) is 0.263. The van der Waals surface area contributed by atoms with Crippen LogP contribution in [-0.4, -0.2) is 23.7 Å². The largest absolute Gasteiger partial charge is 0.497 e. The molecule has 0 unspecified atom stereocenters. The Kier molecular flexibility index (Phi) is 4.42. The van der Waals surface area contributed by atoms with Gasteiger partial charge in [0.05, 0.1) is 18.9 Å². The lowest BCUT2D eigenvalue weighted by molar-refractivity contribution is -0.132. The van der Waals surface area contributed by atoms with Gasteiger partial charge in [-0.2, -0.15) is 5.10 Å². The van der Waals surface area contributed by atoms with Gasteiger partial charge in [-0.1, -0.05) is 49.4 Å². The molecule has 0 N–H and O–H groups in total. The van der Waals surface area contributed by atoms with E-state index in [1.165, 1.54) is 0 Å². The van der Waals surface area contributed by atoms with Crippen molar-refractivity contribution in [3.05, 3.63) is 65.7 Å². The van der Waals surface area contributed by atoms with E-state index in [2.05, 4.69) is 5.10 Å². The monoisotopic (exact) mass is 308 g/mol. The van der Waals surface area contributed by atoms with Crippen molar-refractivity contribution in [2.75, 3.05) is 7.11 Å². The van der Waals surface area contributed by atoms with Gasteiger partial charge in [0.2, 0.25) is 5.91 Å². The van der Waals surface area contributed by atoms with Crippen molar-refractivity contribution in [2.24, 2.45) is 5.10 Å². The fourth-order valence-corrected chi connectivity index (χ4v) is 2.79. The van der Waals surface area contributed by atoms with Crippen LogP contribution in [0, 0.1) is 0 Å². The van der Waals surface area contributed by atoms with Crippen LogP contribution >= 0.6 is 0 Å². The summed E-state index contributed by atoms with van der Waals surface area (Å²) >= 11 is 0. The Hall–Kier alpha value is -2.62. The average Bonchev–Trinajstić information content (AvgIpc) is 3.07. The number of amides is 1. The first-order valence-corrected chi connectivity index (χ1v) is 7.82. The van der Waals surface area contributed by atoms with Crippen molar-refractivity contribution >= 4 is 11.6 Å². The standard InChI is InChI=1S/C19H20N2O2/c1-3-19(22)21-18(15-9-11-16(23-2)12-10-15)13-17(20-21)14-7-5-4-6-8-14/h4-12,18H,3,13H2,1-2H3/t18-/m1/s1. The van der Waals surface area contributed by atoms with Gasteiger partial charge in [0.1, 0.15) is 5.75 Å². The van der Waals surface area contributed by atoms with Crippen molar-refractivity contribution in [3.8, 4) is 5.75 Å². The predicted molar refractivity (Wildman–Crippen MR) is 90.5 cm³/mol. The summed E-state index contributed by atoms with van der Waals surface area (Å²) in [7, 11) is 1.65. The molecule has 118 valence electrons. The second kappa shape index (κ2) is 6.65. The summed E-state index contributed by atoms with van der Waals surface area (Å²) in [5.74, 6) is 0.848. The molecule has 0 aliphatic carbocycles. The van der Waals surface area contributed by atoms with Gasteiger partial charge in [0, 0.05) is 12.8 Å². The molecule has 0 spiro atoms. The van der Waals surface area contributed by atoms with Crippen LogP contribution in [0.2, 0.25) is 0 Å². The van der Waals surface area contributed by atoms with E-state index < -0.39 is 0 Å². The van der Waals surface area contributed by atoms with E-state index >= 15 is 0 Å². The SMILES string of the molecule is CCC(=O)N1N=C(c2ccccc2)C[C@@H]1c1ccc(OC)cc1. The minimum atomic E-state index is -0.0523. The van der Waals surface area contributed by atoms with E-state index in [9.17, 15) is 4.79 Å². The van der Waals surface area contributed by atoms with Gasteiger partial charge in [-0.25, -0.2) is 5.01 Å². The molecule has 1 aliphatic rings. The summed E-state index contributed by atoms with van der Waals surface area (Å²) < 4.78 is 5.21. The second-order valence-electron chi connectivity index (χ2n) is 5.50. The lowest BCUT2D eigenvalue weighted by Gasteiger charge is -2.21. The normalized spacial score (nSPS) is 17.0. The number of benzene rings is 2. The van der Waals surface area contributed by atoms with Crippen LogP contribution in [-0.2, 0) is 4.79 Å². The van der Waals surface area contributed by atoms with Crippen LogP contribution in [0.5, 0.6) is 5.75 Å². The Morgan fingerprint density at radius 2 is 1.87 bits per heavy atom. The first-order chi connectivity index (χ1) is 11.2. The van der Waals surface area contributed by atoms with Gasteiger partial charge in [-0.3, -0.25) is 4.79 Å². The predicted octanol–water partition coefficient (Wildman–Crippen LogP) is 3.78. The average molecular weight is 308 g/mol. The number of nitrogens with zero attached hydrogens (tertiary/aromatic N) is 2. The van der Waals surface area contributed by atoms with Crippen LogP contribution in [0.4, 0.5) is 0 Å². The molecule has 0 aromatic heterocycles. The number of rotatable bonds is 4. The Morgan fingerprint density at radius 3 is 2.48 bits per heavy atom. The molecule has 23 heavy (non-hydrogen) atoms. The summed E-state index contributed by atoms with van der Waals surface area (Å²) in [6.07, 6.45) is 1.17. The highest BCUT2D eigenvalue weighted by molar-refractivity contribution is 6.03. The molecule has 3 rings (SSSR count). The number of carbonyl (C=O) groups excluding carboxylic acids is 1. The van der Waals surface area contributed by atoms with Crippen LogP contribution in [0.1, 0.15) is 36.9 Å². The summed E-state index contributed by atoms with van der Waals surface area (Å²) in [5.41, 5.74) is 3.09. The Morgan fingerprint density at radius 1 is 1.17 bits per heavy atom. The first-order valence-electron chi connectivity index (χ1n) is 7.82. The highest BCUT2D eigenvalue weighted by atomic mass is 16.5. The second-order valence-corrected chi connectivity index (χ2v) is 5.50. The van der Waals surface area contributed by atoms with Gasteiger partial charge in [-0.15, -0.1) is 0 Å². The molecule has 1 amide bonds. The molecular weight excluding hydrogens is 288 g/mol. The molecular formula is C19H20N2O2. The van der Waals surface area contributed by atoms with E-state index in [0.717, 1.165) is 29.0 Å². The maximum Gasteiger partial charge on any atom is 0.242 e. The molecule has 0 radical (unpaired) electrons.